The molecule has 0 aliphatic carbocycles. The molecule has 3 N–H and O–H groups in total. The van der Waals surface area contributed by atoms with Gasteiger partial charge in [0.1, 0.15) is 5.54 Å². The van der Waals surface area contributed by atoms with Crippen molar-refractivity contribution in [3.63, 3.8) is 0 Å². The highest BCUT2D eigenvalue weighted by atomic mass is 16.2. The SMILES string of the molecule is CC(C)N1C(=O)N[C@]2(CCN(Cc3cccc(C(N)=O)c3)C2)C1=O. The van der Waals surface area contributed by atoms with Gasteiger partial charge in [-0.15, -0.1) is 0 Å². The number of nitrogens with zero attached hydrogens (tertiary/aromatic N) is 2. The van der Waals surface area contributed by atoms with Gasteiger partial charge in [0.05, 0.1) is 0 Å². The Hall–Kier alpha value is -2.41. The number of nitrogens with two attached hydrogens (primary N) is 1. The Kier molecular flexibility index (Phi) is 4.04. The number of amides is 4. The third-order valence-electron chi connectivity index (χ3n) is 4.68. The second-order valence-electron chi connectivity index (χ2n) is 6.81. The van der Waals surface area contributed by atoms with Crippen molar-refractivity contribution in [3.8, 4) is 0 Å². The molecule has 1 spiro atoms. The molecule has 3 rings (SSSR count). The summed E-state index contributed by atoms with van der Waals surface area (Å²) in [6, 6.07) is 6.70. The molecule has 2 aliphatic heterocycles. The van der Waals surface area contributed by atoms with Gasteiger partial charge in [-0.3, -0.25) is 19.4 Å². The lowest BCUT2D eigenvalue weighted by Gasteiger charge is -2.23. The van der Waals surface area contributed by atoms with E-state index in [4.69, 9.17) is 5.73 Å². The molecule has 0 bridgehead atoms. The third-order valence-corrected chi connectivity index (χ3v) is 4.68. The maximum absolute atomic E-state index is 12.7. The zero-order valence-corrected chi connectivity index (χ0v) is 13.9. The van der Waals surface area contributed by atoms with E-state index in [9.17, 15) is 14.4 Å². The van der Waals surface area contributed by atoms with Gasteiger partial charge in [0, 0.05) is 31.2 Å². The fourth-order valence-electron chi connectivity index (χ4n) is 3.49. The van der Waals surface area contributed by atoms with Crippen molar-refractivity contribution in [2.24, 2.45) is 5.73 Å². The molecule has 7 nitrogen and oxygen atoms in total. The van der Waals surface area contributed by atoms with Gasteiger partial charge in [0.25, 0.3) is 5.91 Å². The number of nitrogens with one attached hydrogen (secondary N) is 1. The highest BCUT2D eigenvalue weighted by Gasteiger charge is 2.55. The molecule has 1 aromatic rings. The molecule has 24 heavy (non-hydrogen) atoms. The second kappa shape index (κ2) is 5.90. The molecule has 2 aliphatic rings. The summed E-state index contributed by atoms with van der Waals surface area (Å²) in [5, 5.41) is 2.88. The van der Waals surface area contributed by atoms with E-state index >= 15 is 0 Å². The van der Waals surface area contributed by atoms with Crippen LogP contribution in [0.1, 0.15) is 36.2 Å². The molecule has 0 unspecified atom stereocenters. The molecule has 1 aromatic carbocycles. The molecular weight excluding hydrogens is 308 g/mol. The Morgan fingerprint density at radius 2 is 2.12 bits per heavy atom. The molecular formula is C17H22N4O3. The number of carbonyl (C=O) groups is 3. The summed E-state index contributed by atoms with van der Waals surface area (Å²) in [7, 11) is 0. The number of rotatable bonds is 4. The van der Waals surface area contributed by atoms with E-state index in [1.165, 1.54) is 4.90 Å². The van der Waals surface area contributed by atoms with Gasteiger partial charge in [0.2, 0.25) is 5.91 Å². The Morgan fingerprint density at radius 1 is 1.38 bits per heavy atom. The summed E-state index contributed by atoms with van der Waals surface area (Å²) in [6.45, 7) is 5.45. The van der Waals surface area contributed by atoms with Gasteiger partial charge in [0.15, 0.2) is 0 Å². The number of hydrogen-bond donors (Lipinski definition) is 2. The Bertz CT molecular complexity index is 703. The maximum Gasteiger partial charge on any atom is 0.325 e. The van der Waals surface area contributed by atoms with Crippen molar-refractivity contribution in [1.29, 1.82) is 0 Å². The van der Waals surface area contributed by atoms with Crippen molar-refractivity contribution in [1.82, 2.24) is 15.1 Å². The highest BCUT2D eigenvalue weighted by Crippen LogP contribution is 2.30. The summed E-state index contributed by atoms with van der Waals surface area (Å²) in [4.78, 5) is 39.5. The van der Waals surface area contributed by atoms with E-state index in [1.54, 1.807) is 18.2 Å². The molecule has 2 saturated heterocycles. The smallest absolute Gasteiger partial charge is 0.325 e. The van der Waals surface area contributed by atoms with E-state index in [0.29, 0.717) is 31.6 Å². The zero-order valence-electron chi connectivity index (χ0n) is 13.9. The van der Waals surface area contributed by atoms with Crippen molar-refractivity contribution < 1.29 is 14.4 Å². The lowest BCUT2D eigenvalue weighted by molar-refractivity contribution is -0.132. The van der Waals surface area contributed by atoms with Crippen molar-refractivity contribution >= 4 is 17.8 Å². The summed E-state index contributed by atoms with van der Waals surface area (Å²) >= 11 is 0. The molecule has 2 heterocycles. The maximum atomic E-state index is 12.7. The number of carbonyl (C=O) groups excluding carboxylic acids is 3. The van der Waals surface area contributed by atoms with Crippen LogP contribution < -0.4 is 11.1 Å². The zero-order chi connectivity index (χ0) is 17.5. The van der Waals surface area contributed by atoms with Crippen LogP contribution in [-0.2, 0) is 11.3 Å². The standard InChI is InChI=1S/C17H22N4O3/c1-11(2)21-15(23)17(19-16(21)24)6-7-20(10-17)9-12-4-3-5-13(8-12)14(18)22/h3-5,8,11H,6-7,9-10H2,1-2H3,(H2,18,22)(H,19,24)/t17-/m0/s1. The van der Waals surface area contributed by atoms with Crippen LogP contribution in [0.3, 0.4) is 0 Å². The molecule has 2 fully saturated rings. The number of hydrogen-bond acceptors (Lipinski definition) is 4. The average molecular weight is 330 g/mol. The highest BCUT2D eigenvalue weighted by molar-refractivity contribution is 6.07. The van der Waals surface area contributed by atoms with E-state index in [1.807, 2.05) is 19.9 Å². The first-order chi connectivity index (χ1) is 11.3. The monoisotopic (exact) mass is 330 g/mol. The Labute approximate surface area is 140 Å². The van der Waals surface area contributed by atoms with E-state index in [2.05, 4.69) is 10.2 Å². The van der Waals surface area contributed by atoms with Gasteiger partial charge in [-0.25, -0.2) is 4.79 Å². The van der Waals surface area contributed by atoms with Gasteiger partial charge in [-0.05, 0) is 38.0 Å². The van der Waals surface area contributed by atoms with Crippen LogP contribution in [-0.4, -0.2) is 52.3 Å². The molecule has 1 atom stereocenters. The predicted molar refractivity (Wildman–Crippen MR) is 88.1 cm³/mol. The van der Waals surface area contributed by atoms with Gasteiger partial charge < -0.3 is 11.1 Å². The van der Waals surface area contributed by atoms with E-state index < -0.39 is 11.4 Å². The number of primary amides is 1. The molecule has 0 saturated carbocycles. The number of urea groups is 1. The lowest BCUT2D eigenvalue weighted by Crippen LogP contribution is -2.49. The minimum Gasteiger partial charge on any atom is -0.366 e. The minimum atomic E-state index is -0.817. The number of likely N-dealkylation sites (tertiary alicyclic amines) is 1. The van der Waals surface area contributed by atoms with Crippen molar-refractivity contribution in [3.05, 3.63) is 35.4 Å². The fourth-order valence-corrected chi connectivity index (χ4v) is 3.49. The van der Waals surface area contributed by atoms with Crippen molar-refractivity contribution in [2.45, 2.75) is 38.4 Å². The normalized spacial score (nSPS) is 24.2. The largest absolute Gasteiger partial charge is 0.366 e. The topological polar surface area (TPSA) is 95.7 Å². The van der Waals surface area contributed by atoms with Crippen LogP contribution in [0.25, 0.3) is 0 Å². The second-order valence-corrected chi connectivity index (χ2v) is 6.81. The average Bonchev–Trinajstić information content (AvgIpc) is 3.01. The first-order valence-electron chi connectivity index (χ1n) is 8.09. The molecule has 0 radical (unpaired) electrons. The Balaban J connectivity index is 1.72. The van der Waals surface area contributed by atoms with Gasteiger partial charge in [-0.2, -0.15) is 0 Å². The quantitative estimate of drug-likeness (QED) is 0.794. The fraction of sp³-hybridized carbons (Fsp3) is 0.471. The first-order valence-corrected chi connectivity index (χ1v) is 8.09. The predicted octanol–water partition coefficient (Wildman–Crippen LogP) is 0.690. The summed E-state index contributed by atoms with van der Waals surface area (Å²) in [5.74, 6) is -0.601. The minimum absolute atomic E-state index is 0.143. The van der Waals surface area contributed by atoms with Crippen LogP contribution in [0.15, 0.2) is 24.3 Å². The van der Waals surface area contributed by atoms with Crippen LogP contribution in [0.4, 0.5) is 4.79 Å². The number of imide groups is 1. The van der Waals surface area contributed by atoms with Gasteiger partial charge in [-0.1, -0.05) is 12.1 Å². The first kappa shape index (κ1) is 16.4. The van der Waals surface area contributed by atoms with E-state index in [-0.39, 0.29) is 18.0 Å². The summed E-state index contributed by atoms with van der Waals surface area (Å²) in [5.41, 5.74) is 5.92. The molecule has 128 valence electrons. The molecule has 7 heteroatoms. The Morgan fingerprint density at radius 3 is 2.75 bits per heavy atom. The summed E-state index contributed by atoms with van der Waals surface area (Å²) < 4.78 is 0. The van der Waals surface area contributed by atoms with E-state index in [0.717, 1.165) is 5.56 Å². The van der Waals surface area contributed by atoms with Gasteiger partial charge >= 0.3 is 6.03 Å². The molecule has 4 amide bonds. The third kappa shape index (κ3) is 2.75. The summed E-state index contributed by atoms with van der Waals surface area (Å²) in [6.07, 6.45) is 0.594. The van der Waals surface area contributed by atoms with Crippen LogP contribution in [0.2, 0.25) is 0 Å². The van der Waals surface area contributed by atoms with Crippen LogP contribution >= 0.6 is 0 Å². The molecule has 0 aromatic heterocycles. The van der Waals surface area contributed by atoms with Crippen molar-refractivity contribution in [2.75, 3.05) is 13.1 Å². The number of benzene rings is 1. The van der Waals surface area contributed by atoms with Crippen LogP contribution in [0, 0.1) is 0 Å². The lowest BCUT2D eigenvalue weighted by atomic mass is 9.98. The van der Waals surface area contributed by atoms with Crippen LogP contribution in [0.5, 0.6) is 0 Å².